The number of hydrogen-bond donors (Lipinski definition) is 2. The maximum Gasteiger partial charge on any atom is 0.340 e. The van der Waals surface area contributed by atoms with Crippen molar-refractivity contribution in [1.82, 2.24) is 9.97 Å². The second-order valence-electron chi connectivity index (χ2n) is 4.37. The molecule has 1 amide bonds. The quantitative estimate of drug-likeness (QED) is 0.606. The summed E-state index contributed by atoms with van der Waals surface area (Å²) in [6.07, 6.45) is 0.184. The standard InChI is InChI=1S/C12H17N3O3S/c1-6(2)10-14-7(3)9(12(17)18)11(15-10)19-5-4-8(13)16/h6H,4-5H2,1-3H3,(H2,13,16)(H,17,18). The number of aromatic carboxylic acids is 1. The number of hydrogen-bond acceptors (Lipinski definition) is 5. The van der Waals surface area contributed by atoms with Crippen molar-refractivity contribution in [2.24, 2.45) is 5.73 Å². The summed E-state index contributed by atoms with van der Waals surface area (Å²) in [6.45, 7) is 5.52. The van der Waals surface area contributed by atoms with Gasteiger partial charge >= 0.3 is 5.97 Å². The number of carbonyl (C=O) groups excluding carboxylic acids is 1. The van der Waals surface area contributed by atoms with Crippen molar-refractivity contribution in [2.75, 3.05) is 5.75 Å². The van der Waals surface area contributed by atoms with Crippen LogP contribution >= 0.6 is 11.8 Å². The lowest BCUT2D eigenvalue weighted by Crippen LogP contribution is -2.13. The molecule has 0 spiro atoms. The zero-order valence-electron chi connectivity index (χ0n) is 11.1. The summed E-state index contributed by atoms with van der Waals surface area (Å²) in [5, 5.41) is 9.59. The van der Waals surface area contributed by atoms with Crippen LogP contribution in [0.5, 0.6) is 0 Å². The van der Waals surface area contributed by atoms with Crippen LogP contribution < -0.4 is 5.73 Å². The summed E-state index contributed by atoms with van der Waals surface area (Å²) in [7, 11) is 0. The van der Waals surface area contributed by atoms with Gasteiger partial charge in [0.05, 0.1) is 5.69 Å². The number of thioether (sulfide) groups is 1. The smallest absolute Gasteiger partial charge is 0.340 e. The van der Waals surface area contributed by atoms with Crippen LogP contribution in [0, 0.1) is 6.92 Å². The Morgan fingerprint density at radius 3 is 2.47 bits per heavy atom. The Labute approximate surface area is 115 Å². The predicted molar refractivity (Wildman–Crippen MR) is 72.4 cm³/mol. The molecule has 0 aliphatic carbocycles. The lowest BCUT2D eigenvalue weighted by atomic mass is 10.2. The summed E-state index contributed by atoms with van der Waals surface area (Å²) in [5.74, 6) is -0.362. The molecule has 0 saturated heterocycles. The minimum absolute atomic E-state index is 0.0962. The average Bonchev–Trinajstić information content (AvgIpc) is 2.26. The third-order valence-electron chi connectivity index (χ3n) is 2.39. The van der Waals surface area contributed by atoms with Crippen LogP contribution in [0.15, 0.2) is 5.03 Å². The molecule has 0 aliphatic heterocycles. The molecule has 104 valence electrons. The predicted octanol–water partition coefficient (Wildman–Crippen LogP) is 1.57. The van der Waals surface area contributed by atoms with E-state index in [2.05, 4.69) is 9.97 Å². The SMILES string of the molecule is Cc1nc(C(C)C)nc(SCCC(N)=O)c1C(=O)O. The van der Waals surface area contributed by atoms with Crippen LogP contribution in [0.25, 0.3) is 0 Å². The van der Waals surface area contributed by atoms with Crippen LogP contribution in [0.4, 0.5) is 0 Å². The van der Waals surface area contributed by atoms with E-state index in [1.54, 1.807) is 6.92 Å². The number of carboxylic acid groups (broad SMARTS) is 1. The summed E-state index contributed by atoms with van der Waals surface area (Å²) < 4.78 is 0. The molecule has 1 aromatic heterocycles. The largest absolute Gasteiger partial charge is 0.478 e. The minimum atomic E-state index is -1.06. The Morgan fingerprint density at radius 2 is 2.00 bits per heavy atom. The highest BCUT2D eigenvalue weighted by molar-refractivity contribution is 7.99. The number of primary amides is 1. The van der Waals surface area contributed by atoms with E-state index in [4.69, 9.17) is 5.73 Å². The number of rotatable bonds is 6. The minimum Gasteiger partial charge on any atom is -0.478 e. The molecule has 7 heteroatoms. The first-order valence-corrected chi connectivity index (χ1v) is 6.84. The normalized spacial score (nSPS) is 10.7. The number of aromatic nitrogens is 2. The Hall–Kier alpha value is -1.63. The first-order chi connectivity index (χ1) is 8.82. The molecule has 0 unspecified atom stereocenters. The van der Waals surface area contributed by atoms with E-state index in [0.717, 1.165) is 0 Å². The van der Waals surface area contributed by atoms with Crippen molar-refractivity contribution in [3.8, 4) is 0 Å². The fraction of sp³-hybridized carbons (Fsp3) is 0.500. The third kappa shape index (κ3) is 4.20. The van der Waals surface area contributed by atoms with Gasteiger partial charge in [0.15, 0.2) is 0 Å². The van der Waals surface area contributed by atoms with Crippen LogP contribution in [0.3, 0.4) is 0 Å². The lowest BCUT2D eigenvalue weighted by molar-refractivity contribution is -0.117. The Bertz CT molecular complexity index is 503. The molecule has 0 fully saturated rings. The highest BCUT2D eigenvalue weighted by atomic mass is 32.2. The van der Waals surface area contributed by atoms with E-state index < -0.39 is 11.9 Å². The van der Waals surface area contributed by atoms with E-state index in [-0.39, 0.29) is 17.9 Å². The number of carboxylic acids is 1. The van der Waals surface area contributed by atoms with Crippen molar-refractivity contribution < 1.29 is 14.7 Å². The molecule has 3 N–H and O–H groups in total. The van der Waals surface area contributed by atoms with Gasteiger partial charge in [-0.05, 0) is 6.92 Å². The van der Waals surface area contributed by atoms with Gasteiger partial charge in [0.25, 0.3) is 0 Å². The van der Waals surface area contributed by atoms with Gasteiger partial charge in [-0.25, -0.2) is 14.8 Å². The maximum absolute atomic E-state index is 11.2. The number of aryl methyl sites for hydroxylation is 1. The molecule has 1 rings (SSSR count). The van der Waals surface area contributed by atoms with Crippen LogP contribution in [0.1, 0.15) is 48.1 Å². The molecule has 0 saturated carbocycles. The van der Waals surface area contributed by atoms with Gasteiger partial charge in [-0.3, -0.25) is 4.79 Å². The summed E-state index contributed by atoms with van der Waals surface area (Å²) >= 11 is 1.22. The monoisotopic (exact) mass is 283 g/mol. The lowest BCUT2D eigenvalue weighted by Gasteiger charge is -2.11. The number of nitrogens with zero attached hydrogens (tertiary/aromatic N) is 2. The Kier molecular flexibility index (Phi) is 5.29. The summed E-state index contributed by atoms with van der Waals surface area (Å²) in [5.41, 5.74) is 5.60. The van der Waals surface area contributed by atoms with E-state index in [9.17, 15) is 14.7 Å². The van der Waals surface area contributed by atoms with Gasteiger partial charge in [-0.1, -0.05) is 13.8 Å². The van der Waals surface area contributed by atoms with Crippen molar-refractivity contribution in [2.45, 2.75) is 38.1 Å². The van der Waals surface area contributed by atoms with Crippen molar-refractivity contribution >= 4 is 23.6 Å². The molecule has 0 atom stereocenters. The number of amides is 1. The fourth-order valence-corrected chi connectivity index (χ4v) is 2.46. The number of carbonyl (C=O) groups is 2. The first-order valence-electron chi connectivity index (χ1n) is 5.85. The molecule has 0 bridgehead atoms. The van der Waals surface area contributed by atoms with E-state index in [1.807, 2.05) is 13.8 Å². The van der Waals surface area contributed by atoms with Gasteiger partial charge < -0.3 is 10.8 Å². The Morgan fingerprint density at radius 1 is 1.37 bits per heavy atom. The second kappa shape index (κ2) is 6.51. The van der Waals surface area contributed by atoms with Crippen molar-refractivity contribution in [1.29, 1.82) is 0 Å². The number of nitrogens with two attached hydrogens (primary N) is 1. The second-order valence-corrected chi connectivity index (χ2v) is 5.46. The molecule has 0 radical (unpaired) electrons. The van der Waals surface area contributed by atoms with Gasteiger partial charge in [-0.15, -0.1) is 11.8 Å². The van der Waals surface area contributed by atoms with E-state index in [1.165, 1.54) is 11.8 Å². The van der Waals surface area contributed by atoms with Crippen molar-refractivity contribution in [3.05, 3.63) is 17.1 Å². The zero-order chi connectivity index (χ0) is 14.6. The molecular weight excluding hydrogens is 266 g/mol. The van der Waals surface area contributed by atoms with E-state index >= 15 is 0 Å². The van der Waals surface area contributed by atoms with Crippen molar-refractivity contribution in [3.63, 3.8) is 0 Å². The van der Waals surface area contributed by atoms with Crippen LogP contribution in [-0.4, -0.2) is 32.7 Å². The van der Waals surface area contributed by atoms with Gasteiger partial charge in [0, 0.05) is 18.1 Å². The highest BCUT2D eigenvalue weighted by Crippen LogP contribution is 2.25. The average molecular weight is 283 g/mol. The van der Waals surface area contributed by atoms with Crippen LogP contribution in [0.2, 0.25) is 0 Å². The zero-order valence-corrected chi connectivity index (χ0v) is 12.0. The molecule has 19 heavy (non-hydrogen) atoms. The summed E-state index contributed by atoms with van der Waals surface area (Å²) in [4.78, 5) is 30.4. The first kappa shape index (κ1) is 15.4. The molecule has 1 aromatic rings. The molecular formula is C12H17N3O3S. The Balaban J connectivity index is 3.09. The summed E-state index contributed by atoms with van der Waals surface area (Å²) in [6, 6.07) is 0. The van der Waals surface area contributed by atoms with Crippen LogP contribution in [-0.2, 0) is 4.79 Å². The van der Waals surface area contributed by atoms with Gasteiger partial charge in [0.1, 0.15) is 16.4 Å². The van der Waals surface area contributed by atoms with E-state index in [0.29, 0.717) is 22.3 Å². The topological polar surface area (TPSA) is 106 Å². The molecule has 0 aliphatic rings. The van der Waals surface area contributed by atoms with Gasteiger partial charge in [0.2, 0.25) is 5.91 Å². The molecule has 0 aromatic carbocycles. The molecule has 6 nitrogen and oxygen atoms in total. The molecule has 1 heterocycles. The highest BCUT2D eigenvalue weighted by Gasteiger charge is 2.19. The fourth-order valence-electron chi connectivity index (χ4n) is 1.42. The van der Waals surface area contributed by atoms with Gasteiger partial charge in [-0.2, -0.15) is 0 Å². The third-order valence-corrected chi connectivity index (χ3v) is 3.37. The maximum atomic E-state index is 11.2.